The number of rotatable bonds is 4. The minimum absolute atomic E-state index is 0.0947. The second-order valence-electron chi connectivity index (χ2n) is 5.90. The molecular formula is C15H19F3N2O. The number of phenols is 1. The van der Waals surface area contributed by atoms with E-state index in [-0.39, 0.29) is 5.56 Å². The van der Waals surface area contributed by atoms with E-state index < -0.39 is 29.2 Å². The first-order valence-electron chi connectivity index (χ1n) is 7.39. The molecule has 1 aromatic rings. The molecule has 0 bridgehead atoms. The van der Waals surface area contributed by atoms with Crippen molar-refractivity contribution in [3.63, 3.8) is 0 Å². The first kappa shape index (κ1) is 14.7. The Morgan fingerprint density at radius 2 is 1.86 bits per heavy atom. The quantitative estimate of drug-likeness (QED) is 0.839. The van der Waals surface area contributed by atoms with Gasteiger partial charge in [0.2, 0.25) is 0 Å². The van der Waals surface area contributed by atoms with Gasteiger partial charge in [0.25, 0.3) is 0 Å². The van der Waals surface area contributed by atoms with Crippen LogP contribution in [0.15, 0.2) is 6.07 Å². The lowest BCUT2D eigenvalue weighted by Crippen LogP contribution is -2.45. The van der Waals surface area contributed by atoms with Crippen molar-refractivity contribution in [3.05, 3.63) is 29.1 Å². The third kappa shape index (κ3) is 3.01. The molecule has 1 heterocycles. The van der Waals surface area contributed by atoms with E-state index in [2.05, 4.69) is 5.32 Å². The monoisotopic (exact) mass is 300 g/mol. The Kier molecular flexibility index (Phi) is 4.08. The third-order valence-corrected chi connectivity index (χ3v) is 4.36. The summed E-state index contributed by atoms with van der Waals surface area (Å²) in [6.45, 7) is 2.95. The average molecular weight is 300 g/mol. The number of benzene rings is 1. The number of phenolic OH excluding ortho intramolecular Hbond substituents is 1. The summed E-state index contributed by atoms with van der Waals surface area (Å²) in [5.74, 6) is -4.11. The van der Waals surface area contributed by atoms with Crippen LogP contribution in [0.4, 0.5) is 13.2 Å². The lowest BCUT2D eigenvalue weighted by Gasteiger charge is -2.35. The van der Waals surface area contributed by atoms with Gasteiger partial charge >= 0.3 is 0 Å². The summed E-state index contributed by atoms with van der Waals surface area (Å²) in [4.78, 5) is 2.05. The van der Waals surface area contributed by atoms with Crippen molar-refractivity contribution >= 4 is 0 Å². The number of hydrogen-bond donors (Lipinski definition) is 2. The smallest absolute Gasteiger partial charge is 0.195 e. The number of nitrogens with zero attached hydrogens (tertiary/aromatic N) is 1. The molecule has 116 valence electrons. The van der Waals surface area contributed by atoms with Gasteiger partial charge in [-0.05, 0) is 12.3 Å². The van der Waals surface area contributed by atoms with Crippen molar-refractivity contribution in [2.24, 2.45) is 5.92 Å². The van der Waals surface area contributed by atoms with Gasteiger partial charge in [-0.15, -0.1) is 0 Å². The Balaban J connectivity index is 1.96. The van der Waals surface area contributed by atoms with E-state index in [4.69, 9.17) is 0 Å². The van der Waals surface area contributed by atoms with E-state index in [1.54, 1.807) is 0 Å². The van der Waals surface area contributed by atoms with Crippen LogP contribution < -0.4 is 5.32 Å². The minimum Gasteiger partial charge on any atom is -0.507 e. The number of aromatic hydroxyl groups is 1. The second-order valence-corrected chi connectivity index (χ2v) is 5.90. The van der Waals surface area contributed by atoms with Crippen LogP contribution in [-0.2, 0) is 0 Å². The molecule has 0 aromatic heterocycles. The van der Waals surface area contributed by atoms with Crippen molar-refractivity contribution in [3.8, 4) is 5.75 Å². The molecular weight excluding hydrogens is 281 g/mol. The Morgan fingerprint density at radius 1 is 1.19 bits per heavy atom. The molecule has 21 heavy (non-hydrogen) atoms. The zero-order valence-corrected chi connectivity index (χ0v) is 11.7. The molecule has 3 rings (SSSR count). The summed E-state index contributed by atoms with van der Waals surface area (Å²) >= 11 is 0. The Hall–Kier alpha value is -1.27. The highest BCUT2D eigenvalue weighted by Crippen LogP contribution is 2.43. The van der Waals surface area contributed by atoms with Gasteiger partial charge in [0.1, 0.15) is 5.75 Å². The molecule has 1 aliphatic carbocycles. The highest BCUT2D eigenvalue weighted by molar-refractivity contribution is 5.38. The molecule has 2 N–H and O–H groups in total. The van der Waals surface area contributed by atoms with Gasteiger partial charge < -0.3 is 10.4 Å². The third-order valence-electron chi connectivity index (χ3n) is 4.36. The molecule has 1 saturated carbocycles. The molecule has 1 aromatic carbocycles. The van der Waals surface area contributed by atoms with Crippen LogP contribution in [0.2, 0.25) is 0 Å². The fraction of sp³-hybridized carbons (Fsp3) is 0.600. The molecule has 2 aliphatic rings. The highest BCUT2D eigenvalue weighted by Gasteiger charge is 2.35. The normalized spacial score (nSPS) is 21.5. The molecule has 3 nitrogen and oxygen atoms in total. The molecule has 0 radical (unpaired) electrons. The summed E-state index contributed by atoms with van der Waals surface area (Å²) in [7, 11) is 0. The van der Waals surface area contributed by atoms with E-state index >= 15 is 0 Å². The fourth-order valence-corrected chi connectivity index (χ4v) is 3.03. The first-order chi connectivity index (χ1) is 10.1. The largest absolute Gasteiger partial charge is 0.507 e. The zero-order valence-electron chi connectivity index (χ0n) is 11.7. The van der Waals surface area contributed by atoms with Crippen molar-refractivity contribution in [1.29, 1.82) is 0 Å². The van der Waals surface area contributed by atoms with E-state index in [9.17, 15) is 18.3 Å². The van der Waals surface area contributed by atoms with E-state index in [0.29, 0.717) is 31.5 Å². The molecule has 0 spiro atoms. The number of piperazine rings is 1. The van der Waals surface area contributed by atoms with Crippen molar-refractivity contribution < 1.29 is 18.3 Å². The lowest BCUT2D eigenvalue weighted by atomic mass is 9.96. The van der Waals surface area contributed by atoms with Gasteiger partial charge in [-0.25, -0.2) is 13.2 Å². The summed E-state index contributed by atoms with van der Waals surface area (Å²) < 4.78 is 40.9. The molecule has 6 heteroatoms. The van der Waals surface area contributed by atoms with Crippen LogP contribution in [0.5, 0.6) is 5.75 Å². The van der Waals surface area contributed by atoms with Gasteiger partial charge in [0.05, 0.1) is 0 Å². The van der Waals surface area contributed by atoms with Crippen LogP contribution in [-0.4, -0.2) is 36.2 Å². The number of hydrogen-bond acceptors (Lipinski definition) is 3. The first-order valence-corrected chi connectivity index (χ1v) is 7.39. The van der Waals surface area contributed by atoms with Crippen molar-refractivity contribution in [2.45, 2.75) is 25.3 Å². The molecule has 0 unspecified atom stereocenters. The fourth-order valence-electron chi connectivity index (χ4n) is 3.03. The van der Waals surface area contributed by atoms with E-state index in [1.165, 1.54) is 0 Å². The van der Waals surface area contributed by atoms with Gasteiger partial charge in [-0.3, -0.25) is 4.90 Å². The van der Waals surface area contributed by atoms with Crippen LogP contribution in [0.1, 0.15) is 30.9 Å². The SMILES string of the molecule is Oc1cc(F)c(F)c(F)c1[C@H](CC1CC1)N1CCNCC1. The Morgan fingerprint density at radius 3 is 2.48 bits per heavy atom. The van der Waals surface area contributed by atoms with E-state index in [1.807, 2.05) is 4.90 Å². The predicted molar refractivity (Wildman–Crippen MR) is 72.5 cm³/mol. The van der Waals surface area contributed by atoms with Gasteiger partial charge in [0.15, 0.2) is 17.5 Å². The van der Waals surface area contributed by atoms with Gasteiger partial charge in [0, 0.05) is 43.9 Å². The van der Waals surface area contributed by atoms with E-state index in [0.717, 1.165) is 25.9 Å². The van der Waals surface area contributed by atoms with Crippen LogP contribution >= 0.6 is 0 Å². The van der Waals surface area contributed by atoms with Gasteiger partial charge in [-0.2, -0.15) is 0 Å². The summed E-state index contributed by atoms with van der Waals surface area (Å²) in [5.41, 5.74) is -0.0947. The van der Waals surface area contributed by atoms with Crippen molar-refractivity contribution in [2.75, 3.05) is 26.2 Å². The maximum absolute atomic E-state index is 14.2. The van der Waals surface area contributed by atoms with Crippen LogP contribution in [0.25, 0.3) is 0 Å². The predicted octanol–water partition coefficient (Wildman–Crippen LogP) is 2.56. The second kappa shape index (κ2) is 5.85. The molecule has 0 amide bonds. The summed E-state index contributed by atoms with van der Waals surface area (Å²) in [6, 6.07) is 0.283. The lowest BCUT2D eigenvalue weighted by molar-refractivity contribution is 0.153. The molecule has 1 atom stereocenters. The van der Waals surface area contributed by atoms with Crippen LogP contribution in [0, 0.1) is 23.4 Å². The molecule has 1 aliphatic heterocycles. The zero-order chi connectivity index (χ0) is 15.0. The number of halogens is 3. The summed E-state index contributed by atoms with van der Waals surface area (Å²) in [5, 5.41) is 13.1. The van der Waals surface area contributed by atoms with Gasteiger partial charge in [-0.1, -0.05) is 12.8 Å². The Labute approximate surface area is 121 Å². The Bertz CT molecular complexity index is 528. The molecule has 2 fully saturated rings. The topological polar surface area (TPSA) is 35.5 Å². The number of nitrogens with one attached hydrogen (secondary N) is 1. The standard InChI is InChI=1S/C15H19F3N2O/c16-10-8-12(21)13(15(18)14(10)17)11(7-9-1-2-9)20-5-3-19-4-6-20/h8-9,11,19,21H,1-7H2/t11-/m0/s1. The van der Waals surface area contributed by atoms with Crippen LogP contribution in [0.3, 0.4) is 0 Å². The minimum atomic E-state index is -1.50. The molecule has 1 saturated heterocycles. The summed E-state index contributed by atoms with van der Waals surface area (Å²) in [6.07, 6.45) is 2.83. The maximum atomic E-state index is 14.2. The highest BCUT2D eigenvalue weighted by atomic mass is 19.2. The average Bonchev–Trinajstić information content (AvgIpc) is 3.29. The van der Waals surface area contributed by atoms with Crippen molar-refractivity contribution in [1.82, 2.24) is 10.2 Å². The maximum Gasteiger partial charge on any atom is 0.195 e.